The topological polar surface area (TPSA) is 218 Å². The number of hydrogen-bond donors (Lipinski definition) is 4. The number of ether oxygens (including phenoxy) is 2. The van der Waals surface area contributed by atoms with Crippen LogP contribution in [0, 0.1) is 0 Å². The summed E-state index contributed by atoms with van der Waals surface area (Å²) in [6, 6.07) is 20.4. The summed E-state index contributed by atoms with van der Waals surface area (Å²) in [7, 11) is 3.02. The molecule has 2 atom stereocenters. The highest BCUT2D eigenvalue weighted by Crippen LogP contribution is 2.34. The first kappa shape index (κ1) is 53.5. The van der Waals surface area contributed by atoms with Gasteiger partial charge in [-0.25, -0.2) is 0 Å². The molecule has 0 aliphatic carbocycles. The van der Waals surface area contributed by atoms with Crippen LogP contribution in [0.2, 0.25) is 10.0 Å². The van der Waals surface area contributed by atoms with Gasteiger partial charge in [0, 0.05) is 51.5 Å². The van der Waals surface area contributed by atoms with E-state index in [2.05, 4.69) is 41.7 Å². The van der Waals surface area contributed by atoms with Crippen molar-refractivity contribution in [2.75, 3.05) is 53.1 Å². The summed E-state index contributed by atoms with van der Waals surface area (Å²) >= 11 is 31.3. The van der Waals surface area contributed by atoms with Gasteiger partial charge >= 0.3 is 0 Å². The fourth-order valence-electron chi connectivity index (χ4n) is 6.77. The summed E-state index contributed by atoms with van der Waals surface area (Å²) < 4.78 is 10.8. The fourth-order valence-corrected chi connectivity index (χ4v) is 7.85. The molecule has 360 valence electrons. The molecule has 21 heteroatoms. The number of carbonyl (C=O) groups excluding carboxylic acids is 6. The fraction of sp³-hybridized carbons (Fsp3) is 0.250. The zero-order valence-corrected chi connectivity index (χ0v) is 41.3. The maximum absolute atomic E-state index is 13.6. The number of nitrogens with zero attached hydrogens (tertiary/aromatic N) is 4. The lowest BCUT2D eigenvalue weighted by molar-refractivity contribution is -0.127. The minimum atomic E-state index is -1.64. The Morgan fingerprint density at radius 2 is 0.971 bits per heavy atom. The molecule has 4 amide bonds. The molecule has 0 aromatic heterocycles. The summed E-state index contributed by atoms with van der Waals surface area (Å²) in [6.07, 6.45) is 1.04. The average Bonchev–Trinajstić information content (AvgIpc) is 3.31. The molecule has 0 radical (unpaired) electrons. The van der Waals surface area contributed by atoms with Crippen molar-refractivity contribution >= 4 is 127 Å². The number of rotatable bonds is 22. The number of amides is 4. The number of nitrogens with one attached hydrogen (secondary N) is 4. The van der Waals surface area contributed by atoms with Crippen molar-refractivity contribution in [1.82, 2.24) is 0 Å². The van der Waals surface area contributed by atoms with Gasteiger partial charge in [-0.2, -0.15) is 20.5 Å². The van der Waals surface area contributed by atoms with Gasteiger partial charge in [0.2, 0.25) is 12.1 Å². The Bertz CT molecular complexity index is 2810. The van der Waals surface area contributed by atoms with Gasteiger partial charge in [0.25, 0.3) is 23.6 Å². The van der Waals surface area contributed by atoms with Gasteiger partial charge < -0.3 is 30.7 Å². The Morgan fingerprint density at radius 1 is 0.536 bits per heavy atom. The molecular formula is C48H45Cl5N8O8. The van der Waals surface area contributed by atoms with E-state index in [1.165, 1.54) is 68.8 Å². The third kappa shape index (κ3) is 13.9. The molecule has 0 heterocycles. The zero-order valence-electron chi connectivity index (χ0n) is 37.5. The minimum absolute atomic E-state index is 0.0167. The molecule has 0 fully saturated rings. The van der Waals surface area contributed by atoms with E-state index in [0.717, 1.165) is 13.8 Å². The molecule has 0 aliphatic rings. The Kier molecular flexibility index (Phi) is 20.0. The van der Waals surface area contributed by atoms with Crippen molar-refractivity contribution in [3.63, 3.8) is 0 Å². The van der Waals surface area contributed by atoms with E-state index < -0.39 is 47.3 Å². The van der Waals surface area contributed by atoms with Crippen LogP contribution < -0.4 is 30.7 Å². The zero-order chi connectivity index (χ0) is 50.2. The first-order valence-electron chi connectivity index (χ1n) is 20.9. The molecule has 69 heavy (non-hydrogen) atoms. The maximum Gasteiger partial charge on any atom is 0.258 e. The van der Waals surface area contributed by atoms with Crippen LogP contribution in [-0.2, 0) is 38.4 Å². The normalized spacial score (nSPS) is 12.0. The molecule has 0 aliphatic heterocycles. The molecule has 0 bridgehead atoms. The molecule has 4 N–H and O–H groups in total. The molecule has 16 nitrogen and oxygen atoms in total. The Balaban J connectivity index is 1.29. The number of carbonyl (C=O) groups is 6. The first-order valence-corrected chi connectivity index (χ1v) is 23.3. The van der Waals surface area contributed by atoms with Crippen molar-refractivity contribution in [2.45, 2.75) is 45.2 Å². The number of hydrogen-bond acceptors (Lipinski definition) is 12. The van der Waals surface area contributed by atoms with E-state index in [9.17, 15) is 28.8 Å². The number of aryl methyl sites for hydroxylation is 1. The SMILES string of the molecule is COc1cccc(NC(=O)c2cccc(N=NC(C(C)=O)C(=O)Nc3ccc(NC(=O)C(N=Nc4cccc(C(=O)Nc5cccc(OC)c5CCCl)c4Cl)C(C)=O)c(CCCl)c3)c2Cl)c1CCCl. The number of methoxy groups -OCH3 is 2. The van der Waals surface area contributed by atoms with Crippen LogP contribution in [0.25, 0.3) is 0 Å². The number of halogens is 5. The van der Waals surface area contributed by atoms with Gasteiger partial charge in [-0.3, -0.25) is 28.8 Å². The van der Waals surface area contributed by atoms with E-state index in [1.54, 1.807) is 36.4 Å². The third-order valence-corrected chi connectivity index (χ3v) is 11.5. The van der Waals surface area contributed by atoms with Crippen molar-refractivity contribution in [2.24, 2.45) is 20.5 Å². The van der Waals surface area contributed by atoms with Gasteiger partial charge in [0.1, 0.15) is 22.9 Å². The number of benzene rings is 5. The summed E-state index contributed by atoms with van der Waals surface area (Å²) in [5.41, 5.74) is 3.37. The highest BCUT2D eigenvalue weighted by atomic mass is 35.5. The van der Waals surface area contributed by atoms with Crippen LogP contribution in [0.1, 0.15) is 51.3 Å². The van der Waals surface area contributed by atoms with E-state index in [1.807, 2.05) is 0 Å². The highest BCUT2D eigenvalue weighted by Gasteiger charge is 2.27. The van der Waals surface area contributed by atoms with Gasteiger partial charge in [0.15, 0.2) is 11.6 Å². The third-order valence-electron chi connectivity index (χ3n) is 10.2. The van der Waals surface area contributed by atoms with Crippen LogP contribution in [0.5, 0.6) is 11.5 Å². The van der Waals surface area contributed by atoms with Gasteiger partial charge in [-0.15, -0.1) is 34.8 Å². The molecule has 5 aromatic carbocycles. The maximum atomic E-state index is 13.6. The molecule has 0 saturated carbocycles. The largest absolute Gasteiger partial charge is 0.496 e. The van der Waals surface area contributed by atoms with E-state index in [0.29, 0.717) is 52.4 Å². The van der Waals surface area contributed by atoms with Crippen LogP contribution in [-0.4, -0.2) is 79.1 Å². The lowest BCUT2D eigenvalue weighted by atomic mass is 10.1. The molecular weight excluding hydrogens is 994 g/mol. The van der Waals surface area contributed by atoms with Crippen molar-refractivity contribution < 1.29 is 38.2 Å². The van der Waals surface area contributed by atoms with E-state index >= 15 is 0 Å². The molecule has 2 unspecified atom stereocenters. The summed E-state index contributed by atoms with van der Waals surface area (Å²) in [5.74, 6) is -2.36. The molecule has 0 spiro atoms. The van der Waals surface area contributed by atoms with E-state index in [4.69, 9.17) is 67.5 Å². The highest BCUT2D eigenvalue weighted by molar-refractivity contribution is 6.37. The van der Waals surface area contributed by atoms with Crippen molar-refractivity contribution in [3.8, 4) is 11.5 Å². The second kappa shape index (κ2) is 25.8. The van der Waals surface area contributed by atoms with Gasteiger partial charge in [-0.1, -0.05) is 47.5 Å². The van der Waals surface area contributed by atoms with Crippen LogP contribution >= 0.6 is 58.0 Å². The number of ketones is 2. The lowest BCUT2D eigenvalue weighted by Gasteiger charge is -2.16. The van der Waals surface area contributed by atoms with Crippen molar-refractivity contribution in [3.05, 3.63) is 129 Å². The summed E-state index contributed by atoms with van der Waals surface area (Å²) in [5, 5.41) is 26.9. The van der Waals surface area contributed by atoms with Gasteiger partial charge in [-0.05, 0) is 105 Å². The van der Waals surface area contributed by atoms with Crippen LogP contribution in [0.3, 0.4) is 0 Å². The second-order valence-corrected chi connectivity index (χ2v) is 16.7. The standard InChI is InChI=1S/C48H45Cl5N8O8/c1-26(62)43(60-58-37-13-5-9-32(41(37)52)45(64)56-35-11-7-15-39(68-3)30(35)20-23-50)47(66)54-29-17-18-34(28(25-29)19-22-49)55-48(67)44(27(2)63)61-59-38-14-6-10-33(42(38)53)46(65)57-36-12-8-16-40(69-4)31(36)21-24-51/h5-18,25,43-44H,19-24H2,1-4H3,(H,54,66)(H,55,67)(H,56,64)(H,57,65). The molecule has 5 aromatic rings. The quantitative estimate of drug-likeness (QED) is 0.0296. The van der Waals surface area contributed by atoms with E-state index in [-0.39, 0.29) is 68.0 Å². The summed E-state index contributed by atoms with van der Waals surface area (Å²) in [4.78, 5) is 79.3. The number of Topliss-reactive ketones (excluding diaryl/α,β-unsaturated/α-hetero) is 2. The Morgan fingerprint density at radius 3 is 1.39 bits per heavy atom. The Labute approximate surface area is 422 Å². The lowest BCUT2D eigenvalue weighted by Crippen LogP contribution is -2.32. The Hall–Kier alpha value is -6.43. The number of azo groups is 2. The number of anilines is 4. The summed E-state index contributed by atoms with van der Waals surface area (Å²) in [6.45, 7) is 2.32. The van der Waals surface area contributed by atoms with Gasteiger partial charge in [0.05, 0.1) is 35.4 Å². The predicted molar refractivity (Wildman–Crippen MR) is 270 cm³/mol. The minimum Gasteiger partial charge on any atom is -0.496 e. The molecule has 0 saturated heterocycles. The van der Waals surface area contributed by atoms with Crippen LogP contribution in [0.4, 0.5) is 34.1 Å². The monoisotopic (exact) mass is 1040 g/mol. The second-order valence-electron chi connectivity index (χ2n) is 14.8. The molecule has 5 rings (SSSR count). The number of alkyl halides is 3. The first-order chi connectivity index (χ1) is 33.1. The predicted octanol–water partition coefficient (Wildman–Crippen LogP) is 11.2. The average molecular weight is 1040 g/mol. The smallest absolute Gasteiger partial charge is 0.258 e. The van der Waals surface area contributed by atoms with Crippen LogP contribution in [0.15, 0.2) is 111 Å². The van der Waals surface area contributed by atoms with Crippen molar-refractivity contribution in [1.29, 1.82) is 0 Å².